The molecule has 3 aromatic rings. The molecule has 4 N–H and O–H groups in total. The maximum Gasteiger partial charge on any atom is 0.329 e. The van der Waals surface area contributed by atoms with Crippen molar-refractivity contribution in [1.82, 2.24) is 19.1 Å². The summed E-state index contributed by atoms with van der Waals surface area (Å²) in [4.78, 5) is 30.0. The minimum Gasteiger partial charge on any atom is -0.491 e. The van der Waals surface area contributed by atoms with Crippen molar-refractivity contribution in [3.63, 3.8) is 0 Å². The van der Waals surface area contributed by atoms with Gasteiger partial charge in [0.05, 0.1) is 6.54 Å². The van der Waals surface area contributed by atoms with E-state index in [1.807, 2.05) is 31.2 Å². The molecule has 3 rings (SSSR count). The third kappa shape index (κ3) is 3.13. The molecule has 0 aliphatic heterocycles. The van der Waals surface area contributed by atoms with E-state index >= 15 is 0 Å². The molecule has 0 aliphatic carbocycles. The van der Waals surface area contributed by atoms with Gasteiger partial charge in [0.15, 0.2) is 11.2 Å². The second kappa shape index (κ2) is 6.44. The fourth-order valence-electron chi connectivity index (χ4n) is 2.60. The lowest BCUT2D eigenvalue weighted by Gasteiger charge is -2.15. The van der Waals surface area contributed by atoms with Crippen LogP contribution < -0.4 is 21.7 Å². The van der Waals surface area contributed by atoms with Crippen molar-refractivity contribution in [2.45, 2.75) is 19.6 Å². The molecule has 2 heterocycles. The minimum atomic E-state index is -0.920. The minimum absolute atomic E-state index is 0.00942. The smallest absolute Gasteiger partial charge is 0.329 e. The van der Waals surface area contributed by atoms with Crippen LogP contribution in [0.2, 0.25) is 0 Å². The summed E-state index contributed by atoms with van der Waals surface area (Å²) in [6.07, 6.45) is -0.920. The van der Waals surface area contributed by atoms with E-state index in [2.05, 4.69) is 9.97 Å². The zero-order valence-electron chi connectivity index (χ0n) is 13.9. The molecular formula is C16H19N5O4. The topological polar surface area (TPSA) is 128 Å². The van der Waals surface area contributed by atoms with Crippen LogP contribution in [-0.4, -0.2) is 36.9 Å². The number of fused-ring (bicyclic) bond motifs is 1. The zero-order chi connectivity index (χ0) is 18.1. The molecule has 0 spiro atoms. The van der Waals surface area contributed by atoms with Crippen molar-refractivity contribution in [1.29, 1.82) is 0 Å². The molecule has 9 nitrogen and oxygen atoms in total. The molecular weight excluding hydrogens is 326 g/mol. The van der Waals surface area contributed by atoms with E-state index in [0.29, 0.717) is 5.75 Å². The van der Waals surface area contributed by atoms with Gasteiger partial charge in [-0.05, 0) is 18.6 Å². The molecule has 1 atom stereocenters. The first-order valence-electron chi connectivity index (χ1n) is 7.70. The van der Waals surface area contributed by atoms with Crippen LogP contribution in [0.1, 0.15) is 5.56 Å². The summed E-state index contributed by atoms with van der Waals surface area (Å²) in [5.74, 6) is 0.710. The first kappa shape index (κ1) is 16.8. The third-order valence-corrected chi connectivity index (χ3v) is 3.95. The Labute approximate surface area is 142 Å². The molecule has 0 fully saturated rings. The van der Waals surface area contributed by atoms with Crippen molar-refractivity contribution in [3.05, 3.63) is 50.7 Å². The maximum absolute atomic E-state index is 12.1. The van der Waals surface area contributed by atoms with Gasteiger partial charge in [0.1, 0.15) is 18.5 Å². The number of hydrogen-bond donors (Lipinski definition) is 3. The van der Waals surface area contributed by atoms with Crippen molar-refractivity contribution in [2.24, 2.45) is 7.05 Å². The first-order valence-corrected chi connectivity index (χ1v) is 7.70. The zero-order valence-corrected chi connectivity index (χ0v) is 13.9. The van der Waals surface area contributed by atoms with E-state index < -0.39 is 17.4 Å². The van der Waals surface area contributed by atoms with E-state index in [9.17, 15) is 14.7 Å². The summed E-state index contributed by atoms with van der Waals surface area (Å²) in [5.41, 5.74) is 5.92. The lowest BCUT2D eigenvalue weighted by atomic mass is 10.2. The quantitative estimate of drug-likeness (QED) is 0.585. The number of imidazole rings is 1. The van der Waals surface area contributed by atoms with E-state index in [0.717, 1.165) is 5.56 Å². The Morgan fingerprint density at radius 3 is 2.80 bits per heavy atom. The standard InChI is InChI=1S/C16H19N5O4/c1-9-5-3-4-6-11(9)25-8-10(22)7-21-12-13(18-15(21)17)20(2)16(24)19-14(12)23/h3-6,10,22H,7-8H2,1-2H3,(H2,17,18)(H,19,23,24)/t10-/m1/s1. The summed E-state index contributed by atoms with van der Waals surface area (Å²) < 4.78 is 8.18. The van der Waals surface area contributed by atoms with E-state index in [4.69, 9.17) is 10.5 Å². The molecule has 1 aromatic carbocycles. The van der Waals surface area contributed by atoms with Crippen LogP contribution in [-0.2, 0) is 13.6 Å². The summed E-state index contributed by atoms with van der Waals surface area (Å²) in [6.45, 7) is 1.94. The van der Waals surface area contributed by atoms with Gasteiger partial charge in [0, 0.05) is 7.05 Å². The van der Waals surface area contributed by atoms with Gasteiger partial charge in [-0.2, -0.15) is 4.98 Å². The molecule has 0 amide bonds. The van der Waals surface area contributed by atoms with Crippen molar-refractivity contribution >= 4 is 17.1 Å². The molecule has 0 aliphatic rings. The number of nitrogen functional groups attached to an aromatic ring is 1. The highest BCUT2D eigenvalue weighted by molar-refractivity contribution is 5.73. The Morgan fingerprint density at radius 2 is 2.08 bits per heavy atom. The van der Waals surface area contributed by atoms with Crippen LogP contribution in [0.15, 0.2) is 33.9 Å². The Bertz CT molecular complexity index is 1030. The van der Waals surface area contributed by atoms with Gasteiger partial charge in [0.2, 0.25) is 5.95 Å². The third-order valence-electron chi connectivity index (χ3n) is 3.95. The van der Waals surface area contributed by atoms with Crippen LogP contribution in [0.25, 0.3) is 11.2 Å². The molecule has 0 saturated heterocycles. The number of para-hydroxylation sites is 1. The number of aliphatic hydroxyl groups is 1. The number of nitrogens with two attached hydrogens (primary N) is 1. The first-order chi connectivity index (χ1) is 11.9. The second-order valence-corrected chi connectivity index (χ2v) is 5.80. The highest BCUT2D eigenvalue weighted by Gasteiger charge is 2.18. The molecule has 0 radical (unpaired) electrons. The summed E-state index contributed by atoms with van der Waals surface area (Å²) in [6, 6.07) is 7.45. The fraction of sp³-hybridized carbons (Fsp3) is 0.312. The van der Waals surface area contributed by atoms with Crippen LogP contribution >= 0.6 is 0 Å². The van der Waals surface area contributed by atoms with Gasteiger partial charge in [-0.25, -0.2) is 4.79 Å². The van der Waals surface area contributed by atoms with Crippen molar-refractivity contribution in [2.75, 3.05) is 12.3 Å². The monoisotopic (exact) mass is 345 g/mol. The number of aromatic amines is 1. The molecule has 2 aromatic heterocycles. The Kier molecular flexibility index (Phi) is 4.32. The number of rotatable bonds is 5. The van der Waals surface area contributed by atoms with Gasteiger partial charge in [-0.3, -0.25) is 14.3 Å². The van der Waals surface area contributed by atoms with Crippen LogP contribution in [0.4, 0.5) is 5.95 Å². The number of aromatic nitrogens is 4. The Morgan fingerprint density at radius 1 is 1.36 bits per heavy atom. The van der Waals surface area contributed by atoms with Crippen LogP contribution in [0, 0.1) is 6.92 Å². The Hall–Kier alpha value is -3.07. The summed E-state index contributed by atoms with van der Waals surface area (Å²) in [5, 5.41) is 10.3. The van der Waals surface area contributed by atoms with Gasteiger partial charge in [-0.1, -0.05) is 18.2 Å². The number of benzene rings is 1. The van der Waals surface area contributed by atoms with Crippen LogP contribution in [0.3, 0.4) is 0 Å². The molecule has 0 bridgehead atoms. The van der Waals surface area contributed by atoms with Gasteiger partial charge < -0.3 is 20.1 Å². The largest absolute Gasteiger partial charge is 0.491 e. The summed E-state index contributed by atoms with van der Waals surface area (Å²) >= 11 is 0. The predicted octanol–water partition coefficient (Wildman–Crippen LogP) is -0.246. The highest BCUT2D eigenvalue weighted by Crippen LogP contribution is 2.17. The summed E-state index contributed by atoms with van der Waals surface area (Å²) in [7, 11) is 1.48. The second-order valence-electron chi connectivity index (χ2n) is 5.80. The lowest BCUT2D eigenvalue weighted by molar-refractivity contribution is 0.0935. The van der Waals surface area contributed by atoms with Crippen molar-refractivity contribution < 1.29 is 9.84 Å². The number of aliphatic hydroxyl groups excluding tert-OH is 1. The molecule has 132 valence electrons. The van der Waals surface area contributed by atoms with Crippen LogP contribution in [0.5, 0.6) is 5.75 Å². The number of aryl methyl sites for hydroxylation is 2. The van der Waals surface area contributed by atoms with Gasteiger partial charge in [0.25, 0.3) is 5.56 Å². The number of H-pyrrole nitrogens is 1. The number of nitrogens with zero attached hydrogens (tertiary/aromatic N) is 3. The Balaban J connectivity index is 1.84. The van der Waals surface area contributed by atoms with E-state index in [1.165, 1.54) is 16.2 Å². The molecule has 9 heteroatoms. The van der Waals surface area contributed by atoms with Gasteiger partial charge in [-0.15, -0.1) is 0 Å². The van der Waals surface area contributed by atoms with Gasteiger partial charge >= 0.3 is 5.69 Å². The average Bonchev–Trinajstić information content (AvgIpc) is 2.89. The normalized spacial score (nSPS) is 12.4. The fourth-order valence-corrected chi connectivity index (χ4v) is 2.60. The number of nitrogens with one attached hydrogen (secondary N) is 1. The van der Waals surface area contributed by atoms with E-state index in [1.54, 1.807) is 0 Å². The predicted molar refractivity (Wildman–Crippen MR) is 92.7 cm³/mol. The van der Waals surface area contributed by atoms with Crippen molar-refractivity contribution in [3.8, 4) is 5.75 Å². The lowest BCUT2D eigenvalue weighted by Crippen LogP contribution is -2.30. The number of ether oxygens (including phenoxy) is 1. The SMILES string of the molecule is Cc1ccccc1OC[C@H](O)Cn1c(N)nc2c1c(=O)[nH]c(=O)n2C. The highest BCUT2D eigenvalue weighted by atomic mass is 16.5. The number of hydrogen-bond acceptors (Lipinski definition) is 6. The molecule has 0 saturated carbocycles. The number of anilines is 1. The average molecular weight is 345 g/mol. The maximum atomic E-state index is 12.1. The molecule has 25 heavy (non-hydrogen) atoms. The van der Waals surface area contributed by atoms with E-state index in [-0.39, 0.29) is 30.3 Å². The molecule has 0 unspecified atom stereocenters.